The fraction of sp³-hybridized carbons (Fsp3) is 0.517. The maximum absolute atomic E-state index is 13.4. The van der Waals surface area contributed by atoms with Gasteiger partial charge in [0, 0.05) is 57.0 Å². The Hall–Kier alpha value is -3.32. The molecule has 3 aliphatic rings. The van der Waals surface area contributed by atoms with E-state index in [9.17, 15) is 35.9 Å². The molecular weight excluding hydrogens is 568 g/mol. The number of hydrogen-bond donors (Lipinski definition) is 0. The van der Waals surface area contributed by atoms with Crippen molar-refractivity contribution in [1.82, 2.24) is 14.7 Å². The molecule has 228 valence electrons. The van der Waals surface area contributed by atoms with Crippen LogP contribution < -0.4 is 0 Å². The van der Waals surface area contributed by atoms with E-state index in [1.54, 1.807) is 4.90 Å². The second-order valence-electron chi connectivity index (χ2n) is 10.9. The van der Waals surface area contributed by atoms with Crippen LogP contribution in [0.1, 0.15) is 52.7 Å². The van der Waals surface area contributed by atoms with Crippen LogP contribution in [0.15, 0.2) is 48.5 Å². The van der Waals surface area contributed by atoms with E-state index in [0.717, 1.165) is 5.56 Å². The number of carbonyl (C=O) groups excluding carboxylic acids is 2. The summed E-state index contributed by atoms with van der Waals surface area (Å²) in [5, 5.41) is 0. The lowest BCUT2D eigenvalue weighted by molar-refractivity contribution is -0.143. The van der Waals surface area contributed by atoms with Gasteiger partial charge in [-0.25, -0.2) is 4.79 Å². The van der Waals surface area contributed by atoms with Gasteiger partial charge in [-0.05, 0) is 30.7 Å². The number of piperidine rings is 1. The van der Waals surface area contributed by atoms with Crippen LogP contribution in [0.5, 0.6) is 0 Å². The number of morpholine rings is 1. The average Bonchev–Trinajstić information content (AvgIpc) is 2.97. The molecule has 3 heterocycles. The molecule has 1 spiro atoms. The molecule has 0 aliphatic carbocycles. The Labute approximate surface area is 238 Å². The first-order valence-electron chi connectivity index (χ1n) is 13.7. The van der Waals surface area contributed by atoms with E-state index in [2.05, 4.69) is 4.90 Å². The number of carbonyl (C=O) groups is 2. The number of ether oxygens (including phenoxy) is 2. The fourth-order valence-corrected chi connectivity index (χ4v) is 6.09. The lowest BCUT2D eigenvalue weighted by atomic mass is 9.74. The smallest absolute Gasteiger partial charge is 0.416 e. The molecular formula is C29H31F6N3O4. The van der Waals surface area contributed by atoms with Crippen LogP contribution in [0.4, 0.5) is 31.1 Å². The number of alkyl halides is 6. The van der Waals surface area contributed by atoms with Gasteiger partial charge in [-0.3, -0.25) is 14.6 Å². The van der Waals surface area contributed by atoms with Gasteiger partial charge in [-0.2, -0.15) is 26.3 Å². The maximum atomic E-state index is 13.4. The number of nitrogens with zero attached hydrogens (tertiary/aromatic N) is 3. The number of rotatable bonds is 4. The number of amides is 2. The first kappa shape index (κ1) is 30.1. The maximum Gasteiger partial charge on any atom is 0.416 e. The monoisotopic (exact) mass is 599 g/mol. The molecule has 2 atom stereocenters. The largest absolute Gasteiger partial charge is 0.442 e. The second kappa shape index (κ2) is 11.4. The van der Waals surface area contributed by atoms with E-state index in [1.807, 2.05) is 37.3 Å². The summed E-state index contributed by atoms with van der Waals surface area (Å²) in [6.45, 7) is 4.69. The van der Waals surface area contributed by atoms with E-state index in [4.69, 9.17) is 9.47 Å². The fourth-order valence-electron chi connectivity index (χ4n) is 6.09. The Balaban J connectivity index is 1.38. The van der Waals surface area contributed by atoms with Crippen LogP contribution in [0.3, 0.4) is 0 Å². The Morgan fingerprint density at radius 2 is 1.48 bits per heavy atom. The summed E-state index contributed by atoms with van der Waals surface area (Å²) >= 11 is 0. The summed E-state index contributed by atoms with van der Waals surface area (Å²) in [6, 6.07) is 10.4. The summed E-state index contributed by atoms with van der Waals surface area (Å²) in [4.78, 5) is 31.6. The summed E-state index contributed by atoms with van der Waals surface area (Å²) in [7, 11) is 0. The van der Waals surface area contributed by atoms with Gasteiger partial charge < -0.3 is 14.4 Å². The number of benzene rings is 2. The highest BCUT2D eigenvalue weighted by Crippen LogP contribution is 2.45. The van der Waals surface area contributed by atoms with Crippen molar-refractivity contribution in [2.45, 2.75) is 49.8 Å². The highest BCUT2D eigenvalue weighted by Gasteiger charge is 2.52. The van der Waals surface area contributed by atoms with Crippen molar-refractivity contribution >= 4 is 12.0 Å². The topological polar surface area (TPSA) is 62.3 Å². The molecule has 2 aromatic carbocycles. The number of hydrogen-bond acceptors (Lipinski definition) is 5. The van der Waals surface area contributed by atoms with Crippen LogP contribution in [0, 0.1) is 0 Å². The van der Waals surface area contributed by atoms with Crippen LogP contribution in [-0.2, 0) is 21.8 Å². The van der Waals surface area contributed by atoms with Gasteiger partial charge in [0.25, 0.3) is 5.91 Å². The molecule has 13 heteroatoms. The first-order chi connectivity index (χ1) is 19.8. The van der Waals surface area contributed by atoms with Gasteiger partial charge >= 0.3 is 18.4 Å². The molecule has 2 aromatic rings. The van der Waals surface area contributed by atoms with Gasteiger partial charge in [0.15, 0.2) is 0 Å². The zero-order chi connectivity index (χ0) is 30.3. The first-order valence-corrected chi connectivity index (χ1v) is 13.7. The van der Waals surface area contributed by atoms with Gasteiger partial charge in [0.1, 0.15) is 5.60 Å². The Bertz CT molecular complexity index is 1260. The predicted octanol–water partition coefficient (Wildman–Crippen LogP) is 5.61. The molecule has 2 unspecified atom stereocenters. The van der Waals surface area contributed by atoms with Crippen molar-refractivity contribution in [2.24, 2.45) is 0 Å². The average molecular weight is 600 g/mol. The molecule has 0 N–H and O–H groups in total. The Morgan fingerprint density at radius 1 is 0.905 bits per heavy atom. The molecule has 0 saturated carbocycles. The van der Waals surface area contributed by atoms with E-state index in [-0.39, 0.29) is 44.1 Å². The summed E-state index contributed by atoms with van der Waals surface area (Å²) in [5.74, 6) is -1.22. The highest BCUT2D eigenvalue weighted by atomic mass is 19.4. The number of halogens is 6. The van der Waals surface area contributed by atoms with Crippen LogP contribution in [0.2, 0.25) is 0 Å². The van der Waals surface area contributed by atoms with Crippen LogP contribution in [-0.4, -0.2) is 84.4 Å². The molecule has 7 nitrogen and oxygen atoms in total. The number of likely N-dealkylation sites (tertiary alicyclic amines) is 1. The third kappa shape index (κ3) is 6.07. The van der Waals surface area contributed by atoms with Crippen molar-refractivity contribution in [1.29, 1.82) is 0 Å². The molecule has 3 saturated heterocycles. The summed E-state index contributed by atoms with van der Waals surface area (Å²) < 4.78 is 91.8. The molecule has 3 fully saturated rings. The standard InChI is InChI=1S/C29H31F6N3O4/c1-19(36-11-13-41-14-12-36)38-18-24(20-5-3-2-4-6-20)27(42-26(38)40)7-9-37(10-8-27)25(39)21-15-22(28(30,31)32)17-23(16-21)29(33,34)35/h2-6,15-17,19,24H,7-14,18H2,1H3. The van der Waals surface area contributed by atoms with Crippen molar-refractivity contribution in [3.05, 3.63) is 70.8 Å². The van der Waals surface area contributed by atoms with E-state index in [0.29, 0.717) is 45.0 Å². The zero-order valence-corrected chi connectivity index (χ0v) is 22.9. The van der Waals surface area contributed by atoms with Crippen LogP contribution in [0.25, 0.3) is 0 Å². The summed E-state index contributed by atoms with van der Waals surface area (Å²) in [5.41, 5.74) is -3.86. The van der Waals surface area contributed by atoms with Crippen molar-refractivity contribution in [3.63, 3.8) is 0 Å². The van der Waals surface area contributed by atoms with Gasteiger partial charge in [0.05, 0.1) is 30.5 Å². The van der Waals surface area contributed by atoms with Gasteiger partial charge in [-0.1, -0.05) is 30.3 Å². The molecule has 0 bridgehead atoms. The molecule has 0 aromatic heterocycles. The van der Waals surface area contributed by atoms with E-state index in [1.165, 1.54) is 4.90 Å². The molecule has 5 rings (SSSR count). The molecule has 2 amide bonds. The second-order valence-corrected chi connectivity index (χ2v) is 10.9. The molecule has 0 radical (unpaired) electrons. The van der Waals surface area contributed by atoms with Crippen molar-refractivity contribution in [3.8, 4) is 0 Å². The minimum absolute atomic E-state index is 0.00240. The quantitative estimate of drug-likeness (QED) is 0.428. The minimum Gasteiger partial charge on any atom is -0.442 e. The Morgan fingerprint density at radius 3 is 2.02 bits per heavy atom. The Kier molecular flexibility index (Phi) is 8.18. The lowest BCUT2D eigenvalue weighted by Gasteiger charge is -2.52. The zero-order valence-electron chi connectivity index (χ0n) is 22.9. The summed E-state index contributed by atoms with van der Waals surface area (Å²) in [6.07, 6.45) is -10.5. The highest BCUT2D eigenvalue weighted by molar-refractivity contribution is 5.94. The predicted molar refractivity (Wildman–Crippen MR) is 139 cm³/mol. The minimum atomic E-state index is -5.06. The van der Waals surface area contributed by atoms with Crippen molar-refractivity contribution in [2.75, 3.05) is 45.9 Å². The third-order valence-electron chi connectivity index (χ3n) is 8.50. The SMILES string of the molecule is CC(N1CCOCC1)N1CC(c2ccccc2)C2(CCN(C(=O)c3cc(C(F)(F)F)cc(C(F)(F)F)c3)CC2)OC1=O. The normalized spacial score (nSPS) is 22.6. The van der Waals surface area contributed by atoms with Gasteiger partial charge in [0.2, 0.25) is 0 Å². The van der Waals surface area contributed by atoms with E-state index >= 15 is 0 Å². The molecule has 3 aliphatic heterocycles. The van der Waals surface area contributed by atoms with Crippen molar-refractivity contribution < 1.29 is 45.4 Å². The van der Waals surface area contributed by atoms with Gasteiger partial charge in [-0.15, -0.1) is 0 Å². The van der Waals surface area contributed by atoms with E-state index < -0.39 is 46.6 Å². The lowest BCUT2D eigenvalue weighted by Crippen LogP contribution is -2.63. The van der Waals surface area contributed by atoms with Crippen LogP contribution >= 0.6 is 0 Å². The third-order valence-corrected chi connectivity index (χ3v) is 8.50. The molecule has 42 heavy (non-hydrogen) atoms.